The van der Waals surface area contributed by atoms with Gasteiger partial charge in [0.2, 0.25) is 10.0 Å². The molecule has 22 heavy (non-hydrogen) atoms. The molecule has 2 rings (SSSR count). The highest BCUT2D eigenvalue weighted by Crippen LogP contribution is 2.19. The Kier molecular flexibility index (Phi) is 5.00. The average molecular weight is 338 g/mol. The number of amides is 1. The first-order valence-electron chi connectivity index (χ1n) is 6.67. The predicted octanol–water partition coefficient (Wildman–Crippen LogP) is 2.24. The normalized spacial score (nSPS) is 11.6. The Labute approximate surface area is 134 Å². The maximum Gasteiger partial charge on any atom is 0.261 e. The van der Waals surface area contributed by atoms with Crippen LogP contribution in [0.1, 0.15) is 20.1 Å². The smallest absolute Gasteiger partial charge is 0.261 e. The molecule has 2 aromatic rings. The molecule has 0 spiro atoms. The summed E-state index contributed by atoms with van der Waals surface area (Å²) in [5, 5.41) is 2.77. The third-order valence-electron chi connectivity index (χ3n) is 3.13. The minimum absolute atomic E-state index is 0.166. The first-order valence-corrected chi connectivity index (χ1v) is 8.93. The fourth-order valence-electron chi connectivity index (χ4n) is 1.92. The molecule has 7 heteroatoms. The monoisotopic (exact) mass is 338 g/mol. The van der Waals surface area contributed by atoms with Gasteiger partial charge < -0.3 is 5.32 Å². The fraction of sp³-hybridized carbons (Fsp3) is 0.267. The van der Waals surface area contributed by atoms with Gasteiger partial charge in [0.25, 0.3) is 5.91 Å². The topological polar surface area (TPSA) is 66.5 Å². The molecule has 0 fully saturated rings. The predicted molar refractivity (Wildman–Crippen MR) is 87.5 cm³/mol. The van der Waals surface area contributed by atoms with Crippen molar-refractivity contribution in [2.45, 2.75) is 18.4 Å². The Morgan fingerprint density at radius 3 is 2.45 bits per heavy atom. The van der Waals surface area contributed by atoms with Gasteiger partial charge in [-0.05, 0) is 30.7 Å². The van der Waals surface area contributed by atoms with Gasteiger partial charge in [-0.1, -0.05) is 18.2 Å². The number of nitrogens with one attached hydrogen (secondary N) is 1. The van der Waals surface area contributed by atoms with Gasteiger partial charge in [-0.15, -0.1) is 11.3 Å². The number of carbonyl (C=O) groups is 1. The van der Waals surface area contributed by atoms with Crippen LogP contribution in [0.2, 0.25) is 0 Å². The zero-order valence-electron chi connectivity index (χ0n) is 12.7. The molecule has 0 aliphatic heterocycles. The van der Waals surface area contributed by atoms with E-state index in [-0.39, 0.29) is 17.3 Å². The molecule has 1 aromatic carbocycles. The number of hydrogen-bond donors (Lipinski definition) is 1. The van der Waals surface area contributed by atoms with Crippen LogP contribution < -0.4 is 5.32 Å². The Hall–Kier alpha value is -1.70. The highest BCUT2D eigenvalue weighted by molar-refractivity contribution is 7.89. The Balaban J connectivity index is 2.19. The minimum atomic E-state index is -3.53. The molecule has 0 radical (unpaired) electrons. The van der Waals surface area contributed by atoms with E-state index in [1.54, 1.807) is 30.3 Å². The quantitative estimate of drug-likeness (QED) is 0.909. The Morgan fingerprint density at radius 2 is 1.86 bits per heavy atom. The van der Waals surface area contributed by atoms with Gasteiger partial charge in [-0.2, -0.15) is 0 Å². The van der Waals surface area contributed by atoms with E-state index in [1.165, 1.54) is 25.4 Å². The number of rotatable bonds is 5. The molecular formula is C15H18N2O3S2. The summed E-state index contributed by atoms with van der Waals surface area (Å²) < 4.78 is 25.7. The fourth-order valence-corrected chi connectivity index (χ4v) is 3.82. The summed E-state index contributed by atoms with van der Waals surface area (Å²) in [5.41, 5.74) is 0.567. The molecule has 1 N–H and O–H groups in total. The molecule has 0 atom stereocenters. The molecule has 0 bridgehead atoms. The number of nitrogens with zero attached hydrogens (tertiary/aromatic N) is 1. The van der Waals surface area contributed by atoms with E-state index in [4.69, 9.17) is 0 Å². The molecule has 0 aliphatic carbocycles. The zero-order valence-corrected chi connectivity index (χ0v) is 14.3. The summed E-state index contributed by atoms with van der Waals surface area (Å²) in [7, 11) is -0.561. The van der Waals surface area contributed by atoms with E-state index in [0.717, 1.165) is 9.18 Å². The molecule has 0 unspecified atom stereocenters. The van der Waals surface area contributed by atoms with Crippen LogP contribution in [-0.2, 0) is 16.6 Å². The van der Waals surface area contributed by atoms with Crippen molar-refractivity contribution in [1.82, 2.24) is 9.62 Å². The highest BCUT2D eigenvalue weighted by atomic mass is 32.2. The lowest BCUT2D eigenvalue weighted by Crippen LogP contribution is -2.26. The van der Waals surface area contributed by atoms with Gasteiger partial charge in [-0.3, -0.25) is 4.79 Å². The molecule has 1 amide bonds. The summed E-state index contributed by atoms with van der Waals surface area (Å²) >= 11 is 1.41. The van der Waals surface area contributed by atoms with Crippen molar-refractivity contribution >= 4 is 27.3 Å². The largest absolute Gasteiger partial charge is 0.347 e. The lowest BCUT2D eigenvalue weighted by Gasteiger charge is -2.15. The van der Waals surface area contributed by atoms with E-state index in [9.17, 15) is 13.2 Å². The van der Waals surface area contributed by atoms with E-state index >= 15 is 0 Å². The van der Waals surface area contributed by atoms with Crippen LogP contribution >= 0.6 is 11.3 Å². The average Bonchev–Trinajstić information content (AvgIpc) is 2.91. The van der Waals surface area contributed by atoms with E-state index in [1.807, 2.05) is 13.0 Å². The first kappa shape index (κ1) is 16.7. The lowest BCUT2D eigenvalue weighted by atomic mass is 10.2. The van der Waals surface area contributed by atoms with Gasteiger partial charge in [0.05, 0.1) is 9.77 Å². The maximum atomic E-state index is 12.3. The number of thiophene rings is 1. The van der Waals surface area contributed by atoms with Crippen LogP contribution in [0.3, 0.4) is 0 Å². The minimum Gasteiger partial charge on any atom is -0.347 e. The van der Waals surface area contributed by atoms with Gasteiger partial charge in [0.1, 0.15) is 0 Å². The summed E-state index contributed by atoms with van der Waals surface area (Å²) in [5.74, 6) is -0.199. The molecule has 0 aliphatic rings. The van der Waals surface area contributed by atoms with Crippen molar-refractivity contribution in [3.8, 4) is 0 Å². The third kappa shape index (κ3) is 3.55. The SMILES string of the molecule is Cc1ccc(C(=O)NCc2ccccc2S(=O)(=O)N(C)C)s1. The van der Waals surface area contributed by atoms with E-state index in [2.05, 4.69) is 5.32 Å². The molecule has 118 valence electrons. The van der Waals surface area contributed by atoms with Gasteiger partial charge in [-0.25, -0.2) is 12.7 Å². The molecular weight excluding hydrogens is 320 g/mol. The summed E-state index contributed by atoms with van der Waals surface area (Å²) in [4.78, 5) is 13.9. The number of aryl methyl sites for hydroxylation is 1. The number of hydrogen-bond acceptors (Lipinski definition) is 4. The van der Waals surface area contributed by atoms with E-state index < -0.39 is 10.0 Å². The molecule has 0 saturated carbocycles. The van der Waals surface area contributed by atoms with Crippen molar-refractivity contribution in [3.05, 3.63) is 51.7 Å². The number of sulfonamides is 1. The summed E-state index contributed by atoms with van der Waals surface area (Å²) in [6, 6.07) is 10.3. The highest BCUT2D eigenvalue weighted by Gasteiger charge is 2.21. The van der Waals surface area contributed by atoms with Gasteiger partial charge >= 0.3 is 0 Å². The van der Waals surface area contributed by atoms with Crippen LogP contribution in [0, 0.1) is 6.92 Å². The molecule has 1 heterocycles. The lowest BCUT2D eigenvalue weighted by molar-refractivity contribution is 0.0954. The second-order valence-corrected chi connectivity index (χ2v) is 8.40. The third-order valence-corrected chi connectivity index (χ3v) is 6.05. The van der Waals surface area contributed by atoms with Crippen molar-refractivity contribution in [2.75, 3.05) is 14.1 Å². The number of carbonyl (C=O) groups excluding carboxylic acids is 1. The first-order chi connectivity index (χ1) is 10.3. The number of benzene rings is 1. The molecule has 1 aromatic heterocycles. The van der Waals surface area contributed by atoms with E-state index in [0.29, 0.717) is 10.4 Å². The Morgan fingerprint density at radius 1 is 1.18 bits per heavy atom. The van der Waals surface area contributed by atoms with Crippen molar-refractivity contribution in [1.29, 1.82) is 0 Å². The van der Waals surface area contributed by atoms with Gasteiger partial charge in [0, 0.05) is 25.5 Å². The van der Waals surface area contributed by atoms with Crippen molar-refractivity contribution in [3.63, 3.8) is 0 Å². The van der Waals surface area contributed by atoms with Crippen LogP contribution in [-0.4, -0.2) is 32.7 Å². The maximum absolute atomic E-state index is 12.3. The second-order valence-electron chi connectivity index (χ2n) is 4.99. The standard InChI is InChI=1S/C15H18N2O3S2/c1-11-8-9-13(21-11)15(18)16-10-12-6-4-5-7-14(12)22(19,20)17(2)3/h4-9H,10H2,1-3H3,(H,16,18). The zero-order chi connectivity index (χ0) is 16.3. The summed E-state index contributed by atoms with van der Waals surface area (Å²) in [6.45, 7) is 2.10. The van der Waals surface area contributed by atoms with Crippen LogP contribution in [0.4, 0.5) is 0 Å². The van der Waals surface area contributed by atoms with Gasteiger partial charge in [0.15, 0.2) is 0 Å². The molecule has 0 saturated heterocycles. The summed E-state index contributed by atoms with van der Waals surface area (Å²) in [6.07, 6.45) is 0. The van der Waals surface area contributed by atoms with Crippen molar-refractivity contribution in [2.24, 2.45) is 0 Å². The van der Waals surface area contributed by atoms with Crippen LogP contribution in [0.5, 0.6) is 0 Å². The second kappa shape index (κ2) is 6.60. The molecule has 5 nitrogen and oxygen atoms in total. The van der Waals surface area contributed by atoms with Crippen LogP contribution in [0.15, 0.2) is 41.3 Å². The van der Waals surface area contributed by atoms with Crippen LogP contribution in [0.25, 0.3) is 0 Å². The Bertz CT molecular complexity index is 780. The van der Waals surface area contributed by atoms with Crippen molar-refractivity contribution < 1.29 is 13.2 Å².